The van der Waals surface area contributed by atoms with E-state index in [-0.39, 0.29) is 17.8 Å². The lowest BCUT2D eigenvalue weighted by Gasteiger charge is -2.19. The molecule has 29 heavy (non-hydrogen) atoms. The Morgan fingerprint density at radius 1 is 1.14 bits per heavy atom. The molecule has 0 aliphatic rings. The summed E-state index contributed by atoms with van der Waals surface area (Å²) in [6.07, 6.45) is 0. The predicted octanol–water partition coefficient (Wildman–Crippen LogP) is 4.84. The largest absolute Gasteiger partial charge is 0.496 e. The molecule has 0 fully saturated rings. The highest BCUT2D eigenvalue weighted by atomic mass is 35.5. The summed E-state index contributed by atoms with van der Waals surface area (Å²) < 4.78 is 22.0. The van der Waals surface area contributed by atoms with E-state index in [1.165, 1.54) is 13.2 Å². The fraction of sp³-hybridized carbons (Fsp3) is 0.273. The molecule has 0 radical (unpaired) electrons. The summed E-state index contributed by atoms with van der Waals surface area (Å²) in [5.41, 5.74) is -0.0444. The van der Waals surface area contributed by atoms with E-state index in [2.05, 4.69) is 0 Å². The van der Waals surface area contributed by atoms with Gasteiger partial charge in [-0.05, 0) is 51.1 Å². The molecule has 0 bridgehead atoms. The Morgan fingerprint density at radius 3 is 2.59 bits per heavy atom. The van der Waals surface area contributed by atoms with Crippen molar-refractivity contribution in [2.45, 2.75) is 26.4 Å². The number of carbonyl (C=O) groups excluding carboxylic acids is 1. The molecule has 0 atom stereocenters. The third-order valence-corrected chi connectivity index (χ3v) is 4.22. The molecule has 3 rings (SSSR count). The molecule has 0 saturated heterocycles. The van der Waals surface area contributed by atoms with Crippen molar-refractivity contribution in [2.24, 2.45) is 0 Å². The SMILES string of the molecule is COc1ccc(OCC(=O)OC(C)(C)C)cc1-c1cc(=O)c2cccc(Cl)c2o1. The van der Waals surface area contributed by atoms with Crippen LogP contribution in [0, 0.1) is 0 Å². The molecule has 0 spiro atoms. The summed E-state index contributed by atoms with van der Waals surface area (Å²) in [6.45, 7) is 5.09. The monoisotopic (exact) mass is 416 g/mol. The van der Waals surface area contributed by atoms with Crippen LogP contribution in [0.5, 0.6) is 11.5 Å². The highest BCUT2D eigenvalue weighted by Crippen LogP contribution is 2.35. The molecule has 0 aliphatic carbocycles. The van der Waals surface area contributed by atoms with Gasteiger partial charge in [0.05, 0.1) is 23.1 Å². The molecule has 0 saturated carbocycles. The number of hydrogen-bond donors (Lipinski definition) is 0. The number of benzene rings is 2. The third-order valence-electron chi connectivity index (χ3n) is 3.92. The highest BCUT2D eigenvalue weighted by molar-refractivity contribution is 6.34. The van der Waals surface area contributed by atoms with E-state index in [0.717, 1.165) is 0 Å². The van der Waals surface area contributed by atoms with Crippen molar-refractivity contribution in [3.63, 3.8) is 0 Å². The van der Waals surface area contributed by atoms with Gasteiger partial charge < -0.3 is 18.6 Å². The Labute approximate surface area is 172 Å². The van der Waals surface area contributed by atoms with Crippen LogP contribution in [0.25, 0.3) is 22.3 Å². The standard InChI is InChI=1S/C22H21ClO6/c1-22(2,3)29-20(25)12-27-13-8-9-18(26-4)15(10-13)19-11-17(24)14-6-5-7-16(23)21(14)28-19/h5-11H,12H2,1-4H3. The first kappa shape index (κ1) is 20.7. The summed E-state index contributed by atoms with van der Waals surface area (Å²) in [4.78, 5) is 24.4. The molecule has 0 aliphatic heterocycles. The molecule has 152 valence electrons. The minimum Gasteiger partial charge on any atom is -0.496 e. The van der Waals surface area contributed by atoms with Crippen LogP contribution in [-0.2, 0) is 9.53 Å². The lowest BCUT2D eigenvalue weighted by atomic mass is 10.1. The summed E-state index contributed by atoms with van der Waals surface area (Å²) in [5, 5.41) is 0.718. The van der Waals surface area contributed by atoms with E-state index in [0.29, 0.717) is 33.1 Å². The van der Waals surface area contributed by atoms with E-state index in [1.54, 1.807) is 57.2 Å². The van der Waals surface area contributed by atoms with Crippen molar-refractivity contribution >= 4 is 28.5 Å². The van der Waals surface area contributed by atoms with Gasteiger partial charge >= 0.3 is 5.97 Å². The van der Waals surface area contributed by atoms with E-state index in [1.807, 2.05) is 0 Å². The minimum absolute atomic E-state index is 0.231. The zero-order chi connectivity index (χ0) is 21.2. The Hall–Kier alpha value is -2.99. The second-order valence-electron chi connectivity index (χ2n) is 7.33. The maximum absolute atomic E-state index is 12.5. The summed E-state index contributed by atoms with van der Waals surface area (Å²) in [5.74, 6) is 0.659. The average molecular weight is 417 g/mol. The molecule has 7 heteroatoms. The lowest BCUT2D eigenvalue weighted by molar-refractivity contribution is -0.157. The van der Waals surface area contributed by atoms with E-state index in [4.69, 9.17) is 30.2 Å². The number of fused-ring (bicyclic) bond motifs is 1. The number of carbonyl (C=O) groups is 1. The fourth-order valence-corrected chi connectivity index (χ4v) is 2.97. The topological polar surface area (TPSA) is 75.0 Å². The second kappa shape index (κ2) is 8.17. The van der Waals surface area contributed by atoms with Crippen LogP contribution in [0.2, 0.25) is 5.02 Å². The molecular formula is C22H21ClO6. The number of esters is 1. The van der Waals surface area contributed by atoms with Gasteiger partial charge in [-0.2, -0.15) is 0 Å². The molecule has 1 heterocycles. The first-order valence-corrected chi connectivity index (χ1v) is 9.31. The van der Waals surface area contributed by atoms with Crippen LogP contribution in [0.1, 0.15) is 20.8 Å². The Bertz CT molecular complexity index is 1110. The zero-order valence-corrected chi connectivity index (χ0v) is 17.3. The fourth-order valence-electron chi connectivity index (χ4n) is 2.76. The molecule has 0 amide bonds. The van der Waals surface area contributed by atoms with Gasteiger partial charge in [0, 0.05) is 6.07 Å². The second-order valence-corrected chi connectivity index (χ2v) is 7.74. The van der Waals surface area contributed by atoms with Crippen LogP contribution in [0.4, 0.5) is 0 Å². The van der Waals surface area contributed by atoms with Crippen molar-refractivity contribution in [2.75, 3.05) is 13.7 Å². The van der Waals surface area contributed by atoms with Crippen LogP contribution < -0.4 is 14.9 Å². The molecule has 0 N–H and O–H groups in total. The first-order valence-electron chi connectivity index (χ1n) is 8.93. The van der Waals surface area contributed by atoms with Gasteiger partial charge in [0.15, 0.2) is 17.6 Å². The van der Waals surface area contributed by atoms with Gasteiger partial charge in [0.1, 0.15) is 22.9 Å². The van der Waals surface area contributed by atoms with Crippen molar-refractivity contribution in [1.29, 1.82) is 0 Å². The summed E-state index contributed by atoms with van der Waals surface area (Å²) in [6, 6.07) is 11.3. The first-order chi connectivity index (χ1) is 13.7. The van der Waals surface area contributed by atoms with Crippen LogP contribution in [-0.4, -0.2) is 25.3 Å². The van der Waals surface area contributed by atoms with Gasteiger partial charge in [-0.25, -0.2) is 4.79 Å². The number of rotatable bonds is 5. The summed E-state index contributed by atoms with van der Waals surface area (Å²) in [7, 11) is 1.51. The molecular weight excluding hydrogens is 396 g/mol. The van der Waals surface area contributed by atoms with Gasteiger partial charge in [0.2, 0.25) is 0 Å². The number of para-hydroxylation sites is 1. The third kappa shape index (κ3) is 4.90. The van der Waals surface area contributed by atoms with Gasteiger partial charge in [0.25, 0.3) is 0 Å². The number of halogens is 1. The van der Waals surface area contributed by atoms with Gasteiger partial charge in [-0.3, -0.25) is 4.79 Å². The Morgan fingerprint density at radius 2 is 1.90 bits per heavy atom. The van der Waals surface area contributed by atoms with Gasteiger partial charge in [-0.1, -0.05) is 17.7 Å². The van der Waals surface area contributed by atoms with Crippen molar-refractivity contribution in [1.82, 2.24) is 0 Å². The normalized spacial score (nSPS) is 11.3. The predicted molar refractivity (Wildman–Crippen MR) is 111 cm³/mol. The number of methoxy groups -OCH3 is 1. The molecule has 6 nitrogen and oxygen atoms in total. The molecule has 0 unspecified atom stereocenters. The smallest absolute Gasteiger partial charge is 0.344 e. The van der Waals surface area contributed by atoms with Crippen molar-refractivity contribution in [3.8, 4) is 22.8 Å². The molecule has 2 aromatic carbocycles. The Kier molecular flexibility index (Phi) is 5.84. The van der Waals surface area contributed by atoms with E-state index < -0.39 is 11.6 Å². The van der Waals surface area contributed by atoms with Crippen LogP contribution in [0.3, 0.4) is 0 Å². The van der Waals surface area contributed by atoms with E-state index >= 15 is 0 Å². The number of hydrogen-bond acceptors (Lipinski definition) is 6. The number of ether oxygens (including phenoxy) is 3. The van der Waals surface area contributed by atoms with Crippen LogP contribution >= 0.6 is 11.6 Å². The Balaban J connectivity index is 1.96. The van der Waals surface area contributed by atoms with Gasteiger partial charge in [-0.15, -0.1) is 0 Å². The van der Waals surface area contributed by atoms with Crippen molar-refractivity contribution < 1.29 is 23.4 Å². The average Bonchev–Trinajstić information content (AvgIpc) is 2.65. The molecule has 3 aromatic rings. The lowest BCUT2D eigenvalue weighted by Crippen LogP contribution is -2.27. The maximum Gasteiger partial charge on any atom is 0.344 e. The molecule has 1 aromatic heterocycles. The zero-order valence-electron chi connectivity index (χ0n) is 16.6. The quantitative estimate of drug-likeness (QED) is 0.554. The van der Waals surface area contributed by atoms with Crippen LogP contribution in [0.15, 0.2) is 51.7 Å². The van der Waals surface area contributed by atoms with E-state index in [9.17, 15) is 9.59 Å². The maximum atomic E-state index is 12.5. The summed E-state index contributed by atoms with van der Waals surface area (Å²) >= 11 is 6.19. The minimum atomic E-state index is -0.598. The van der Waals surface area contributed by atoms with Crippen molar-refractivity contribution in [3.05, 3.63) is 57.7 Å². The highest BCUT2D eigenvalue weighted by Gasteiger charge is 2.18.